The van der Waals surface area contributed by atoms with Crippen LogP contribution in [0, 0.1) is 12.8 Å². The Hall–Kier alpha value is -0.890. The third kappa shape index (κ3) is 2.07. The van der Waals surface area contributed by atoms with Crippen molar-refractivity contribution >= 4 is 17.1 Å². The van der Waals surface area contributed by atoms with E-state index in [2.05, 4.69) is 6.92 Å². The maximum absolute atomic E-state index is 9.67. The summed E-state index contributed by atoms with van der Waals surface area (Å²) < 4.78 is 0. The number of thiocarbonyl (C=S) groups is 1. The third-order valence-corrected chi connectivity index (χ3v) is 2.60. The monoisotopic (exact) mass is 193 g/mol. The first-order chi connectivity index (χ1) is 6.04. The normalized spacial score (nSPS) is 10.5. The lowest BCUT2D eigenvalue weighted by Crippen LogP contribution is -2.06. The summed E-state index contributed by atoms with van der Waals surface area (Å²) >= 11 is 5.20. The van der Waals surface area contributed by atoms with E-state index in [1.54, 1.807) is 6.07 Å². The van der Waals surface area contributed by atoms with Gasteiger partial charge in [-0.3, -0.25) is 0 Å². The van der Waals surface area contributed by atoms with Crippen molar-refractivity contribution in [1.29, 1.82) is 0 Å². The molecule has 0 saturated carbocycles. The second-order valence-corrected chi connectivity index (χ2v) is 3.77. The molecule has 0 aliphatic carbocycles. The largest absolute Gasteiger partial charge is 0.507 e. The molecule has 0 heterocycles. The molecule has 0 aliphatic rings. The van der Waals surface area contributed by atoms with Gasteiger partial charge in [0.25, 0.3) is 0 Å². The number of aromatic hydroxyl groups is 1. The molecule has 1 nitrogen and oxygen atoms in total. The zero-order valence-corrected chi connectivity index (χ0v) is 8.69. The van der Waals surface area contributed by atoms with Gasteiger partial charge in [-0.25, -0.2) is 0 Å². The van der Waals surface area contributed by atoms with Crippen LogP contribution in [0.5, 0.6) is 5.75 Å². The summed E-state index contributed by atoms with van der Waals surface area (Å²) in [4.78, 5) is 0.781. The van der Waals surface area contributed by atoms with E-state index >= 15 is 0 Å². The highest BCUT2D eigenvalue weighted by Gasteiger charge is 2.11. The van der Waals surface area contributed by atoms with Crippen LogP contribution in [-0.2, 0) is 0 Å². The van der Waals surface area contributed by atoms with E-state index in [1.165, 1.54) is 0 Å². The Labute approximate surface area is 84.4 Å². The van der Waals surface area contributed by atoms with Crippen molar-refractivity contribution in [3.63, 3.8) is 0 Å². The first-order valence-electron chi connectivity index (χ1n) is 4.22. The van der Waals surface area contributed by atoms with Crippen LogP contribution in [0.2, 0.25) is 0 Å². The first-order valence-corrected chi connectivity index (χ1v) is 4.63. The summed E-state index contributed by atoms with van der Waals surface area (Å²) in [5.74, 6) is 0.476. The number of phenolic OH excluding ortho intramolecular Hbond substituents is 1. The summed E-state index contributed by atoms with van der Waals surface area (Å²) in [6.45, 7) is 7.74. The molecule has 2 heteroatoms. The number of para-hydroxylation sites is 1. The molecule has 0 aromatic heterocycles. The van der Waals surface area contributed by atoms with Gasteiger partial charge < -0.3 is 5.11 Å². The molecule has 0 fully saturated rings. The van der Waals surface area contributed by atoms with E-state index in [-0.39, 0.29) is 11.7 Å². The van der Waals surface area contributed by atoms with Gasteiger partial charge in [0.15, 0.2) is 0 Å². The topological polar surface area (TPSA) is 20.2 Å². The highest BCUT2D eigenvalue weighted by Crippen LogP contribution is 2.24. The summed E-state index contributed by atoms with van der Waals surface area (Å²) in [6, 6.07) is 5.44. The van der Waals surface area contributed by atoms with Crippen LogP contribution in [-0.4, -0.2) is 9.97 Å². The van der Waals surface area contributed by atoms with Gasteiger partial charge in [0.05, 0.1) is 0 Å². The Kier molecular flexibility index (Phi) is 3.04. The van der Waals surface area contributed by atoms with Crippen LogP contribution in [0.3, 0.4) is 0 Å². The maximum Gasteiger partial charge on any atom is 0.127 e. The molecule has 0 aliphatic heterocycles. The van der Waals surface area contributed by atoms with Gasteiger partial charge in [0.2, 0.25) is 0 Å². The van der Waals surface area contributed by atoms with Crippen molar-refractivity contribution in [2.45, 2.75) is 13.8 Å². The molecular formula is C11H13OS. The number of phenols is 1. The zero-order chi connectivity index (χ0) is 10.0. The van der Waals surface area contributed by atoms with Crippen LogP contribution in [0.4, 0.5) is 0 Å². The summed E-state index contributed by atoms with van der Waals surface area (Å²) in [6.07, 6.45) is 0. The fraction of sp³-hybridized carbons (Fsp3) is 0.273. The van der Waals surface area contributed by atoms with Gasteiger partial charge in [-0.1, -0.05) is 44.3 Å². The zero-order valence-electron chi connectivity index (χ0n) is 7.87. The minimum absolute atomic E-state index is 0.209. The molecule has 1 N–H and O–H groups in total. The fourth-order valence-electron chi connectivity index (χ4n) is 1.10. The lowest BCUT2D eigenvalue weighted by molar-refractivity contribution is 0.471. The van der Waals surface area contributed by atoms with E-state index < -0.39 is 0 Å². The van der Waals surface area contributed by atoms with Crippen LogP contribution >= 0.6 is 12.2 Å². The molecule has 0 spiro atoms. The SMILES string of the molecule is [CH2]c1cccc(C(=S)C(C)C)c1O. The van der Waals surface area contributed by atoms with E-state index in [0.29, 0.717) is 5.56 Å². The van der Waals surface area contributed by atoms with Crippen LogP contribution in [0.15, 0.2) is 18.2 Å². The molecule has 1 aromatic carbocycles. The van der Waals surface area contributed by atoms with Gasteiger partial charge in [0.1, 0.15) is 5.75 Å². The first kappa shape index (κ1) is 10.2. The van der Waals surface area contributed by atoms with Crippen LogP contribution < -0.4 is 0 Å². The highest BCUT2D eigenvalue weighted by atomic mass is 32.1. The minimum Gasteiger partial charge on any atom is -0.507 e. The van der Waals surface area contributed by atoms with E-state index in [9.17, 15) is 5.11 Å². The van der Waals surface area contributed by atoms with Crippen molar-refractivity contribution < 1.29 is 5.11 Å². The number of rotatable bonds is 2. The van der Waals surface area contributed by atoms with Crippen LogP contribution in [0.1, 0.15) is 25.0 Å². The second-order valence-electron chi connectivity index (χ2n) is 3.33. The van der Waals surface area contributed by atoms with Gasteiger partial charge >= 0.3 is 0 Å². The average Bonchev–Trinajstić information content (AvgIpc) is 2.08. The Morgan fingerprint density at radius 3 is 2.62 bits per heavy atom. The Morgan fingerprint density at radius 1 is 1.46 bits per heavy atom. The summed E-state index contributed by atoms with van der Waals surface area (Å²) in [5, 5.41) is 9.67. The minimum atomic E-state index is 0.209. The molecule has 0 saturated heterocycles. The fourth-order valence-corrected chi connectivity index (χ4v) is 1.27. The van der Waals surface area contributed by atoms with Gasteiger partial charge in [-0.2, -0.15) is 0 Å². The summed E-state index contributed by atoms with van der Waals surface area (Å²) in [5.41, 5.74) is 1.36. The Bertz CT molecular complexity index is 329. The summed E-state index contributed by atoms with van der Waals surface area (Å²) in [7, 11) is 0. The molecule has 13 heavy (non-hydrogen) atoms. The molecule has 0 unspecified atom stereocenters. The molecule has 0 amide bonds. The molecule has 1 radical (unpaired) electrons. The maximum atomic E-state index is 9.67. The molecule has 69 valence electrons. The Morgan fingerprint density at radius 2 is 2.08 bits per heavy atom. The predicted molar refractivity (Wildman–Crippen MR) is 59.1 cm³/mol. The smallest absolute Gasteiger partial charge is 0.127 e. The van der Waals surface area contributed by atoms with E-state index in [1.807, 2.05) is 26.0 Å². The standard InChI is InChI=1S/C11H13OS/c1-7(2)11(13)9-6-4-5-8(3)10(9)12/h4-7,12H,3H2,1-2H3. The van der Waals surface area contributed by atoms with Gasteiger partial charge in [-0.05, 0) is 18.4 Å². The van der Waals surface area contributed by atoms with Gasteiger partial charge in [-0.15, -0.1) is 0 Å². The van der Waals surface area contributed by atoms with Crippen molar-refractivity contribution in [3.05, 3.63) is 36.2 Å². The predicted octanol–water partition coefficient (Wildman–Crippen LogP) is 2.95. The molecule has 0 bridgehead atoms. The Balaban J connectivity index is 3.15. The highest BCUT2D eigenvalue weighted by molar-refractivity contribution is 7.80. The number of hydrogen-bond acceptors (Lipinski definition) is 2. The number of benzene rings is 1. The van der Waals surface area contributed by atoms with Crippen molar-refractivity contribution in [3.8, 4) is 5.75 Å². The lowest BCUT2D eigenvalue weighted by atomic mass is 10.00. The quantitative estimate of drug-likeness (QED) is 0.575. The molecule has 0 atom stereocenters. The van der Waals surface area contributed by atoms with Crippen molar-refractivity contribution in [2.75, 3.05) is 0 Å². The van der Waals surface area contributed by atoms with Crippen molar-refractivity contribution in [1.82, 2.24) is 0 Å². The van der Waals surface area contributed by atoms with E-state index in [4.69, 9.17) is 12.2 Å². The van der Waals surface area contributed by atoms with Crippen LogP contribution in [0.25, 0.3) is 0 Å². The third-order valence-electron chi connectivity index (χ3n) is 1.91. The lowest BCUT2D eigenvalue weighted by Gasteiger charge is -2.10. The van der Waals surface area contributed by atoms with E-state index in [0.717, 1.165) is 10.4 Å². The molecular weight excluding hydrogens is 180 g/mol. The molecule has 1 aromatic rings. The number of hydrogen-bond donors (Lipinski definition) is 1. The van der Waals surface area contributed by atoms with Gasteiger partial charge in [0, 0.05) is 10.4 Å². The second kappa shape index (κ2) is 3.88. The molecule has 1 rings (SSSR count). The average molecular weight is 193 g/mol. The van der Waals surface area contributed by atoms with Crippen molar-refractivity contribution in [2.24, 2.45) is 5.92 Å².